The Bertz CT molecular complexity index is 798. The largest absolute Gasteiger partial charge is 0.228 e. The van der Waals surface area contributed by atoms with Crippen LogP contribution in [-0.2, 0) is 0 Å². The molecule has 0 N–H and O–H groups in total. The predicted octanol–water partition coefficient (Wildman–Crippen LogP) is 5.57. The third kappa shape index (κ3) is 2.35. The van der Waals surface area contributed by atoms with Crippen LogP contribution in [0.3, 0.4) is 0 Å². The highest BCUT2D eigenvalue weighted by atomic mass is 35.5. The first-order chi connectivity index (χ1) is 9.56. The van der Waals surface area contributed by atoms with Crippen LogP contribution in [0.4, 0.5) is 0 Å². The van der Waals surface area contributed by atoms with Gasteiger partial charge in [0, 0.05) is 21.0 Å². The fourth-order valence-electron chi connectivity index (χ4n) is 2.00. The first-order valence-electron chi connectivity index (χ1n) is 5.94. The van der Waals surface area contributed by atoms with Gasteiger partial charge in [-0.2, -0.15) is 0 Å². The van der Waals surface area contributed by atoms with Crippen molar-refractivity contribution in [1.29, 1.82) is 0 Å². The normalized spacial score (nSPS) is 11.0. The SMILES string of the molecule is Cc1c(Cl)ccc2c(Cl)nc(-c3ccc(Cl)cc3)nc12. The lowest BCUT2D eigenvalue weighted by atomic mass is 10.1. The van der Waals surface area contributed by atoms with Gasteiger partial charge in [0.15, 0.2) is 5.82 Å². The molecule has 0 aliphatic rings. The summed E-state index contributed by atoms with van der Waals surface area (Å²) in [5, 5.41) is 2.54. The molecule has 3 rings (SSSR count). The Morgan fingerprint density at radius 2 is 1.55 bits per heavy atom. The molecule has 0 saturated heterocycles. The number of aryl methyl sites for hydroxylation is 1. The van der Waals surface area contributed by atoms with Crippen molar-refractivity contribution in [3.63, 3.8) is 0 Å². The summed E-state index contributed by atoms with van der Waals surface area (Å²) in [5.74, 6) is 0.560. The Labute approximate surface area is 131 Å². The van der Waals surface area contributed by atoms with Gasteiger partial charge in [0.05, 0.1) is 5.52 Å². The van der Waals surface area contributed by atoms with Gasteiger partial charge in [0.1, 0.15) is 5.15 Å². The molecule has 0 aliphatic carbocycles. The van der Waals surface area contributed by atoms with Gasteiger partial charge in [0.25, 0.3) is 0 Å². The lowest BCUT2D eigenvalue weighted by Crippen LogP contribution is -1.94. The van der Waals surface area contributed by atoms with E-state index < -0.39 is 0 Å². The second kappa shape index (κ2) is 5.21. The lowest BCUT2D eigenvalue weighted by molar-refractivity contribution is 1.22. The zero-order chi connectivity index (χ0) is 14.3. The molecule has 0 aliphatic heterocycles. The Kier molecular flexibility index (Phi) is 3.55. The quantitative estimate of drug-likeness (QED) is 0.547. The molecule has 100 valence electrons. The maximum absolute atomic E-state index is 6.25. The van der Waals surface area contributed by atoms with Gasteiger partial charge in [0.2, 0.25) is 0 Å². The number of benzene rings is 2. The van der Waals surface area contributed by atoms with Gasteiger partial charge in [-0.15, -0.1) is 0 Å². The van der Waals surface area contributed by atoms with Crippen molar-refractivity contribution in [3.8, 4) is 11.4 Å². The van der Waals surface area contributed by atoms with E-state index in [0.717, 1.165) is 22.0 Å². The molecular formula is C15H9Cl3N2. The van der Waals surface area contributed by atoms with Crippen molar-refractivity contribution in [3.05, 3.63) is 57.2 Å². The molecule has 0 spiro atoms. The van der Waals surface area contributed by atoms with Gasteiger partial charge in [-0.05, 0) is 48.9 Å². The number of halogens is 3. The first kappa shape index (κ1) is 13.6. The van der Waals surface area contributed by atoms with Crippen LogP contribution in [0.5, 0.6) is 0 Å². The Morgan fingerprint density at radius 1 is 0.850 bits per heavy atom. The molecule has 20 heavy (non-hydrogen) atoms. The second-order valence-corrected chi connectivity index (χ2v) is 5.62. The molecule has 3 aromatic rings. The van der Waals surface area contributed by atoms with E-state index in [1.54, 1.807) is 18.2 Å². The second-order valence-electron chi connectivity index (χ2n) is 4.41. The number of hydrogen-bond acceptors (Lipinski definition) is 2. The maximum Gasteiger partial charge on any atom is 0.161 e. The molecule has 0 atom stereocenters. The van der Waals surface area contributed by atoms with Crippen molar-refractivity contribution in [2.75, 3.05) is 0 Å². The molecule has 0 unspecified atom stereocenters. The molecular weight excluding hydrogens is 315 g/mol. The minimum atomic E-state index is 0.416. The standard InChI is InChI=1S/C15H9Cl3N2/c1-8-12(17)7-6-11-13(8)19-15(20-14(11)18)9-2-4-10(16)5-3-9/h2-7H,1H3. The molecule has 0 saturated carbocycles. The summed E-state index contributed by atoms with van der Waals surface area (Å²) in [6, 6.07) is 10.9. The van der Waals surface area contributed by atoms with E-state index in [2.05, 4.69) is 9.97 Å². The molecule has 5 heteroatoms. The van der Waals surface area contributed by atoms with Crippen LogP contribution in [0, 0.1) is 6.92 Å². The summed E-state index contributed by atoms with van der Waals surface area (Å²) in [4.78, 5) is 8.91. The zero-order valence-corrected chi connectivity index (χ0v) is 12.8. The van der Waals surface area contributed by atoms with Gasteiger partial charge in [-0.25, -0.2) is 9.97 Å². The van der Waals surface area contributed by atoms with Gasteiger partial charge >= 0.3 is 0 Å². The topological polar surface area (TPSA) is 25.8 Å². The first-order valence-corrected chi connectivity index (χ1v) is 7.08. The lowest BCUT2D eigenvalue weighted by Gasteiger charge is -2.08. The number of hydrogen-bond donors (Lipinski definition) is 0. The highest BCUT2D eigenvalue weighted by molar-refractivity contribution is 6.35. The Balaban J connectivity index is 2.28. The number of nitrogens with zero attached hydrogens (tertiary/aromatic N) is 2. The van der Waals surface area contributed by atoms with Crippen LogP contribution in [0.15, 0.2) is 36.4 Å². The molecule has 0 amide bonds. The maximum atomic E-state index is 6.25. The molecule has 0 radical (unpaired) electrons. The minimum absolute atomic E-state index is 0.416. The average Bonchev–Trinajstić information content (AvgIpc) is 2.44. The number of fused-ring (bicyclic) bond motifs is 1. The average molecular weight is 324 g/mol. The van der Waals surface area contributed by atoms with Crippen molar-refractivity contribution < 1.29 is 0 Å². The van der Waals surface area contributed by atoms with Crippen molar-refractivity contribution in [2.45, 2.75) is 6.92 Å². The van der Waals surface area contributed by atoms with E-state index in [9.17, 15) is 0 Å². The summed E-state index contributed by atoms with van der Waals surface area (Å²) in [5.41, 5.74) is 2.52. The highest BCUT2D eigenvalue weighted by Crippen LogP contribution is 2.30. The van der Waals surface area contributed by atoms with Crippen LogP contribution < -0.4 is 0 Å². The molecule has 0 bridgehead atoms. The van der Waals surface area contributed by atoms with Crippen molar-refractivity contribution in [2.24, 2.45) is 0 Å². The van der Waals surface area contributed by atoms with E-state index in [0.29, 0.717) is 21.0 Å². The smallest absolute Gasteiger partial charge is 0.161 e. The molecule has 1 aromatic heterocycles. The predicted molar refractivity (Wildman–Crippen MR) is 84.7 cm³/mol. The third-order valence-electron chi connectivity index (χ3n) is 3.11. The zero-order valence-electron chi connectivity index (χ0n) is 10.5. The highest BCUT2D eigenvalue weighted by Gasteiger charge is 2.11. The van der Waals surface area contributed by atoms with Crippen molar-refractivity contribution in [1.82, 2.24) is 9.97 Å². The summed E-state index contributed by atoms with van der Waals surface area (Å²) >= 11 is 18.3. The summed E-state index contributed by atoms with van der Waals surface area (Å²) in [6.07, 6.45) is 0. The molecule has 2 nitrogen and oxygen atoms in total. The monoisotopic (exact) mass is 322 g/mol. The number of aromatic nitrogens is 2. The summed E-state index contributed by atoms with van der Waals surface area (Å²) < 4.78 is 0. The third-order valence-corrected chi connectivity index (χ3v) is 4.06. The van der Waals surface area contributed by atoms with E-state index in [4.69, 9.17) is 34.8 Å². The van der Waals surface area contributed by atoms with Crippen LogP contribution in [-0.4, -0.2) is 9.97 Å². The van der Waals surface area contributed by atoms with Crippen LogP contribution >= 0.6 is 34.8 Å². The van der Waals surface area contributed by atoms with Gasteiger partial charge in [-0.3, -0.25) is 0 Å². The molecule has 2 aromatic carbocycles. The Morgan fingerprint density at radius 3 is 2.25 bits per heavy atom. The van der Waals surface area contributed by atoms with E-state index >= 15 is 0 Å². The summed E-state index contributed by atoms with van der Waals surface area (Å²) in [6.45, 7) is 1.92. The number of rotatable bonds is 1. The molecule has 1 heterocycles. The van der Waals surface area contributed by atoms with E-state index in [1.165, 1.54) is 0 Å². The fraction of sp³-hybridized carbons (Fsp3) is 0.0667. The van der Waals surface area contributed by atoms with E-state index in [1.807, 2.05) is 25.1 Å². The van der Waals surface area contributed by atoms with E-state index in [-0.39, 0.29) is 0 Å². The van der Waals surface area contributed by atoms with Gasteiger partial charge in [-0.1, -0.05) is 34.8 Å². The molecule has 0 fully saturated rings. The Hall–Kier alpha value is -1.35. The summed E-state index contributed by atoms with van der Waals surface area (Å²) in [7, 11) is 0. The fourth-order valence-corrected chi connectivity index (χ4v) is 2.51. The van der Waals surface area contributed by atoms with Crippen molar-refractivity contribution >= 4 is 45.7 Å². The minimum Gasteiger partial charge on any atom is -0.228 e. The van der Waals surface area contributed by atoms with Crippen LogP contribution in [0.25, 0.3) is 22.3 Å². The van der Waals surface area contributed by atoms with Crippen LogP contribution in [0.2, 0.25) is 15.2 Å². The van der Waals surface area contributed by atoms with Crippen LogP contribution in [0.1, 0.15) is 5.56 Å². The van der Waals surface area contributed by atoms with Gasteiger partial charge < -0.3 is 0 Å².